The van der Waals surface area contributed by atoms with E-state index in [-0.39, 0.29) is 11.4 Å². The van der Waals surface area contributed by atoms with Gasteiger partial charge in [0.25, 0.3) is 11.1 Å². The van der Waals surface area contributed by atoms with Gasteiger partial charge in [-0.2, -0.15) is 0 Å². The number of carbonyl (C=O) groups excluding carboxylic acids is 3. The van der Waals surface area contributed by atoms with Gasteiger partial charge in [-0.05, 0) is 70.8 Å². The highest BCUT2D eigenvalue weighted by atomic mass is 127. The molecule has 2 aromatic rings. The van der Waals surface area contributed by atoms with Crippen molar-refractivity contribution in [3.05, 3.63) is 56.9 Å². The Bertz CT molecular complexity index is 815. The fourth-order valence-corrected chi connectivity index (χ4v) is 3.19. The lowest BCUT2D eigenvalue weighted by Crippen LogP contribution is -2.36. The van der Waals surface area contributed by atoms with Gasteiger partial charge in [0.2, 0.25) is 5.91 Å². The summed E-state index contributed by atoms with van der Waals surface area (Å²) >= 11 is 2.95. The first-order chi connectivity index (χ1) is 11.5. The van der Waals surface area contributed by atoms with Crippen LogP contribution in [0.2, 0.25) is 0 Å². The van der Waals surface area contributed by atoms with Gasteiger partial charge < -0.3 is 9.73 Å². The van der Waals surface area contributed by atoms with Crippen LogP contribution >= 0.6 is 34.4 Å². The summed E-state index contributed by atoms with van der Waals surface area (Å²) in [4.78, 5) is 37.5. The third-order valence-corrected chi connectivity index (χ3v) is 4.75. The van der Waals surface area contributed by atoms with Crippen LogP contribution in [0.15, 0.2) is 52.0 Å². The van der Waals surface area contributed by atoms with Crippen LogP contribution in [0.25, 0.3) is 6.08 Å². The summed E-state index contributed by atoms with van der Waals surface area (Å²) in [5.41, 5.74) is 0.610. The van der Waals surface area contributed by atoms with E-state index in [1.807, 2.05) is 12.1 Å². The molecule has 1 aromatic carbocycles. The van der Waals surface area contributed by atoms with Crippen LogP contribution in [0.5, 0.6) is 0 Å². The maximum atomic E-state index is 12.3. The van der Waals surface area contributed by atoms with Crippen molar-refractivity contribution in [2.45, 2.75) is 0 Å². The number of benzene rings is 1. The normalized spacial score (nSPS) is 16.0. The minimum Gasteiger partial charge on any atom is -0.465 e. The number of nitrogens with one attached hydrogen (secondary N) is 1. The summed E-state index contributed by atoms with van der Waals surface area (Å²) < 4.78 is 6.17. The summed E-state index contributed by atoms with van der Waals surface area (Å²) in [6.45, 7) is -0.327. The third kappa shape index (κ3) is 3.88. The molecule has 1 fully saturated rings. The second-order valence-corrected chi connectivity index (χ2v) is 7.08. The SMILES string of the molecule is O=C(CN1C(=O)S/C(=C/c2ccco2)C1=O)Nc1ccc(I)cc1. The molecular weight excluding hydrogens is 443 g/mol. The van der Waals surface area contributed by atoms with Crippen LogP contribution in [-0.2, 0) is 9.59 Å². The van der Waals surface area contributed by atoms with Gasteiger partial charge in [-0.3, -0.25) is 19.3 Å². The summed E-state index contributed by atoms with van der Waals surface area (Å²) in [6.07, 6.45) is 2.96. The Hall–Kier alpha value is -2.07. The number of amides is 3. The Morgan fingerprint density at radius 2 is 2.00 bits per heavy atom. The average molecular weight is 454 g/mol. The first-order valence-corrected chi connectivity index (χ1v) is 8.77. The van der Waals surface area contributed by atoms with Crippen molar-refractivity contribution in [1.82, 2.24) is 4.90 Å². The molecular formula is C16H11IN2O4S. The highest BCUT2D eigenvalue weighted by Crippen LogP contribution is 2.32. The number of hydrogen-bond acceptors (Lipinski definition) is 5. The first kappa shape index (κ1) is 16.8. The highest BCUT2D eigenvalue weighted by Gasteiger charge is 2.36. The Kier molecular flexibility index (Phi) is 5.05. The zero-order valence-corrected chi connectivity index (χ0v) is 15.2. The smallest absolute Gasteiger partial charge is 0.294 e. The zero-order valence-electron chi connectivity index (χ0n) is 12.2. The first-order valence-electron chi connectivity index (χ1n) is 6.87. The second kappa shape index (κ2) is 7.22. The van der Waals surface area contributed by atoms with E-state index in [1.165, 1.54) is 12.3 Å². The molecule has 1 aliphatic rings. The molecule has 1 aliphatic heterocycles. The van der Waals surface area contributed by atoms with Gasteiger partial charge in [-0.25, -0.2) is 0 Å². The van der Waals surface area contributed by atoms with E-state index < -0.39 is 17.1 Å². The van der Waals surface area contributed by atoms with E-state index in [0.717, 1.165) is 20.2 Å². The number of nitrogens with zero attached hydrogens (tertiary/aromatic N) is 1. The summed E-state index contributed by atoms with van der Waals surface area (Å²) in [7, 11) is 0. The van der Waals surface area contributed by atoms with Crippen molar-refractivity contribution >= 4 is 63.2 Å². The van der Waals surface area contributed by atoms with Crippen LogP contribution in [-0.4, -0.2) is 28.5 Å². The van der Waals surface area contributed by atoms with E-state index in [2.05, 4.69) is 27.9 Å². The van der Waals surface area contributed by atoms with Gasteiger partial charge in [-0.15, -0.1) is 0 Å². The van der Waals surface area contributed by atoms with E-state index >= 15 is 0 Å². The summed E-state index contributed by atoms with van der Waals surface area (Å²) in [5, 5.41) is 2.19. The molecule has 6 nitrogen and oxygen atoms in total. The fraction of sp³-hybridized carbons (Fsp3) is 0.0625. The van der Waals surface area contributed by atoms with E-state index in [1.54, 1.807) is 24.3 Å². The van der Waals surface area contributed by atoms with Crippen LogP contribution < -0.4 is 5.32 Å². The minimum absolute atomic E-state index is 0.233. The molecule has 8 heteroatoms. The molecule has 1 saturated heterocycles. The molecule has 3 amide bonds. The minimum atomic E-state index is -0.501. The van der Waals surface area contributed by atoms with E-state index in [0.29, 0.717) is 11.4 Å². The topological polar surface area (TPSA) is 79.6 Å². The monoisotopic (exact) mass is 454 g/mol. The molecule has 1 aromatic heterocycles. The molecule has 122 valence electrons. The molecule has 0 saturated carbocycles. The van der Waals surface area contributed by atoms with Gasteiger partial charge >= 0.3 is 0 Å². The largest absolute Gasteiger partial charge is 0.465 e. The van der Waals surface area contributed by atoms with Crippen LogP contribution in [0.1, 0.15) is 5.76 Å². The van der Waals surface area contributed by atoms with Gasteiger partial charge in [0.1, 0.15) is 12.3 Å². The summed E-state index contributed by atoms with van der Waals surface area (Å²) in [5.74, 6) is -0.458. The Morgan fingerprint density at radius 3 is 2.67 bits per heavy atom. The molecule has 0 spiro atoms. The number of hydrogen-bond donors (Lipinski definition) is 1. The number of anilines is 1. The Labute approximate surface area is 155 Å². The standard InChI is InChI=1S/C16H11IN2O4S/c17-10-3-5-11(6-4-10)18-14(20)9-19-15(21)13(24-16(19)22)8-12-2-1-7-23-12/h1-8H,9H2,(H,18,20)/b13-8+. The predicted octanol–water partition coefficient (Wildman–Crippen LogP) is 3.56. The maximum absolute atomic E-state index is 12.3. The number of imide groups is 1. The van der Waals surface area contributed by atoms with Crippen LogP contribution in [0, 0.1) is 3.57 Å². The van der Waals surface area contributed by atoms with E-state index in [9.17, 15) is 14.4 Å². The molecule has 0 radical (unpaired) electrons. The van der Waals surface area contributed by atoms with Gasteiger partial charge in [0, 0.05) is 15.3 Å². The fourth-order valence-electron chi connectivity index (χ4n) is 2.02. The zero-order chi connectivity index (χ0) is 17.1. The van der Waals surface area contributed by atoms with Crippen molar-refractivity contribution in [2.24, 2.45) is 0 Å². The van der Waals surface area contributed by atoms with Crippen LogP contribution in [0.3, 0.4) is 0 Å². The lowest BCUT2D eigenvalue weighted by Gasteiger charge is -2.12. The van der Waals surface area contributed by atoms with Crippen molar-refractivity contribution in [1.29, 1.82) is 0 Å². The van der Waals surface area contributed by atoms with E-state index in [4.69, 9.17) is 4.42 Å². The lowest BCUT2D eigenvalue weighted by atomic mass is 10.3. The molecule has 0 atom stereocenters. The Morgan fingerprint density at radius 1 is 1.25 bits per heavy atom. The van der Waals surface area contributed by atoms with Gasteiger partial charge in [-0.1, -0.05) is 0 Å². The van der Waals surface area contributed by atoms with Gasteiger partial charge in [0.15, 0.2) is 0 Å². The average Bonchev–Trinajstić information content (AvgIpc) is 3.14. The second-order valence-electron chi connectivity index (χ2n) is 4.84. The number of rotatable bonds is 4. The van der Waals surface area contributed by atoms with Crippen molar-refractivity contribution in [2.75, 3.05) is 11.9 Å². The Balaban J connectivity index is 1.66. The molecule has 3 rings (SSSR count). The maximum Gasteiger partial charge on any atom is 0.294 e. The highest BCUT2D eigenvalue weighted by molar-refractivity contribution is 14.1. The summed E-state index contributed by atoms with van der Waals surface area (Å²) in [6, 6.07) is 10.6. The van der Waals surface area contributed by atoms with Crippen molar-refractivity contribution < 1.29 is 18.8 Å². The third-order valence-electron chi connectivity index (χ3n) is 3.12. The molecule has 0 unspecified atom stereocenters. The number of thioether (sulfide) groups is 1. The quantitative estimate of drug-likeness (QED) is 0.565. The molecule has 2 heterocycles. The molecule has 0 aliphatic carbocycles. The number of halogens is 1. The molecule has 1 N–H and O–H groups in total. The predicted molar refractivity (Wildman–Crippen MR) is 99.2 cm³/mol. The van der Waals surface area contributed by atoms with Crippen molar-refractivity contribution in [3.63, 3.8) is 0 Å². The molecule has 0 bridgehead atoms. The number of carbonyl (C=O) groups is 3. The van der Waals surface area contributed by atoms with Crippen LogP contribution in [0.4, 0.5) is 10.5 Å². The molecule has 24 heavy (non-hydrogen) atoms. The van der Waals surface area contributed by atoms with Crippen molar-refractivity contribution in [3.8, 4) is 0 Å². The number of furan rings is 1. The lowest BCUT2D eigenvalue weighted by molar-refractivity contribution is -0.127. The van der Waals surface area contributed by atoms with Gasteiger partial charge in [0.05, 0.1) is 11.2 Å².